The molecule has 0 unspecified atom stereocenters. The van der Waals surface area contributed by atoms with Gasteiger partial charge in [-0.25, -0.2) is 0 Å². The first-order valence-corrected chi connectivity index (χ1v) is 10.9. The summed E-state index contributed by atoms with van der Waals surface area (Å²) in [4.78, 5) is 13.0. The van der Waals surface area contributed by atoms with Crippen LogP contribution in [-0.4, -0.2) is 19.2 Å². The molecule has 29 heavy (non-hydrogen) atoms. The standard InChI is InChI=1S/C19H12Cl4N4OS/c20-12-7-11(8-13(21)9-12)10-29-19-25-24-17-18(28)26(5-6-27(17)19)15-4-2-1-3-14(22)16(15)23/h1-3,5-9H,4,10H2. The van der Waals surface area contributed by atoms with Gasteiger partial charge in [0.25, 0.3) is 0 Å². The Morgan fingerprint density at radius 3 is 2.55 bits per heavy atom. The predicted molar refractivity (Wildman–Crippen MR) is 120 cm³/mol. The maximum atomic E-state index is 13.0. The molecule has 2 aromatic heterocycles. The Hall–Kier alpha value is -1.70. The quantitative estimate of drug-likeness (QED) is 0.426. The fraction of sp³-hybridized carbons (Fsp3) is 0.105. The lowest BCUT2D eigenvalue weighted by Crippen LogP contribution is -2.21. The van der Waals surface area contributed by atoms with Crippen molar-refractivity contribution in [2.45, 2.75) is 17.3 Å². The van der Waals surface area contributed by atoms with Crippen LogP contribution >= 0.6 is 58.2 Å². The minimum atomic E-state index is -0.328. The van der Waals surface area contributed by atoms with Gasteiger partial charge in [0.05, 0.1) is 10.1 Å². The van der Waals surface area contributed by atoms with Crippen molar-refractivity contribution >= 4 is 69.5 Å². The molecule has 1 aliphatic rings. The summed E-state index contributed by atoms with van der Waals surface area (Å²) in [5, 5.41) is 10.6. The molecule has 0 N–H and O–H groups in total. The van der Waals surface area contributed by atoms with E-state index in [0.717, 1.165) is 5.56 Å². The number of hydrogen-bond acceptors (Lipinski definition) is 4. The van der Waals surface area contributed by atoms with Crippen LogP contribution in [0.25, 0.3) is 11.3 Å². The van der Waals surface area contributed by atoms with E-state index in [2.05, 4.69) is 10.2 Å². The zero-order chi connectivity index (χ0) is 20.5. The van der Waals surface area contributed by atoms with Gasteiger partial charge in [0.2, 0.25) is 5.65 Å². The summed E-state index contributed by atoms with van der Waals surface area (Å²) in [6.07, 6.45) is 9.20. The maximum absolute atomic E-state index is 13.0. The summed E-state index contributed by atoms with van der Waals surface area (Å²) < 4.78 is 3.09. The van der Waals surface area contributed by atoms with Crippen LogP contribution in [0.4, 0.5) is 0 Å². The highest BCUT2D eigenvalue weighted by Crippen LogP contribution is 2.30. The SMILES string of the molecule is O=c1c2nnc(SCc3cc(Cl)cc(Cl)c3)n2ccn1C1=C(Cl)C(Cl)=CC=CC1. The van der Waals surface area contributed by atoms with Crippen LogP contribution in [0, 0.1) is 0 Å². The molecule has 148 valence electrons. The number of fused-ring (bicyclic) bond motifs is 1. The Balaban J connectivity index is 1.68. The van der Waals surface area contributed by atoms with Gasteiger partial charge < -0.3 is 0 Å². The summed E-state index contributed by atoms with van der Waals surface area (Å²) in [5.74, 6) is 0.576. The highest BCUT2D eigenvalue weighted by Gasteiger charge is 2.17. The summed E-state index contributed by atoms with van der Waals surface area (Å²) in [6, 6.07) is 5.35. The normalized spacial score (nSPS) is 14.4. The third-order valence-corrected chi connectivity index (χ3v) is 6.46. The number of rotatable bonds is 4. The van der Waals surface area contributed by atoms with Gasteiger partial charge in [-0.15, -0.1) is 10.2 Å². The Labute approximate surface area is 190 Å². The number of thioether (sulfide) groups is 1. The zero-order valence-electron chi connectivity index (χ0n) is 14.7. The monoisotopic (exact) mass is 484 g/mol. The zero-order valence-corrected chi connectivity index (χ0v) is 18.5. The number of nitrogens with zero attached hydrogens (tertiary/aromatic N) is 4. The largest absolute Gasteiger partial charge is 0.300 e. The molecule has 2 heterocycles. The Morgan fingerprint density at radius 2 is 1.79 bits per heavy atom. The van der Waals surface area contributed by atoms with Gasteiger partial charge in [-0.2, -0.15) is 0 Å². The first kappa shape index (κ1) is 20.6. The topological polar surface area (TPSA) is 52.2 Å². The second-order valence-electron chi connectivity index (χ2n) is 6.12. The summed E-state index contributed by atoms with van der Waals surface area (Å²) in [5.41, 5.74) is 1.40. The second-order valence-corrected chi connectivity index (χ2v) is 8.72. The van der Waals surface area contributed by atoms with Crippen molar-refractivity contribution in [1.82, 2.24) is 19.2 Å². The van der Waals surface area contributed by atoms with E-state index in [1.165, 1.54) is 16.3 Å². The second kappa shape index (κ2) is 8.58. The van der Waals surface area contributed by atoms with Gasteiger partial charge in [0.1, 0.15) is 0 Å². The van der Waals surface area contributed by atoms with Crippen molar-refractivity contribution in [3.63, 3.8) is 0 Å². The number of hydrogen-bond donors (Lipinski definition) is 0. The van der Waals surface area contributed by atoms with Crippen LogP contribution in [0.2, 0.25) is 10.0 Å². The third kappa shape index (κ3) is 4.27. The van der Waals surface area contributed by atoms with E-state index >= 15 is 0 Å². The molecule has 0 aliphatic heterocycles. The van der Waals surface area contributed by atoms with Gasteiger partial charge in [0, 0.05) is 40.3 Å². The van der Waals surface area contributed by atoms with E-state index in [4.69, 9.17) is 46.4 Å². The average Bonchev–Trinajstić information content (AvgIpc) is 3.02. The van der Waals surface area contributed by atoms with Crippen LogP contribution in [0.1, 0.15) is 12.0 Å². The average molecular weight is 486 g/mol. The Bertz CT molecular complexity index is 1240. The number of benzene rings is 1. The number of allylic oxidation sites excluding steroid dienone is 6. The minimum absolute atomic E-state index is 0.199. The Morgan fingerprint density at radius 1 is 1.03 bits per heavy atom. The van der Waals surface area contributed by atoms with Gasteiger partial charge in [-0.05, 0) is 29.8 Å². The van der Waals surface area contributed by atoms with E-state index < -0.39 is 0 Å². The van der Waals surface area contributed by atoms with E-state index in [1.54, 1.807) is 35.0 Å². The fourth-order valence-corrected chi connectivity index (χ4v) is 4.69. The van der Waals surface area contributed by atoms with Gasteiger partial charge in [-0.3, -0.25) is 13.8 Å². The van der Waals surface area contributed by atoms with Crippen molar-refractivity contribution < 1.29 is 0 Å². The number of halogens is 4. The lowest BCUT2D eigenvalue weighted by molar-refractivity contribution is 0.892. The van der Waals surface area contributed by atoms with E-state index in [0.29, 0.717) is 43.1 Å². The van der Waals surface area contributed by atoms with Crippen molar-refractivity contribution in [1.29, 1.82) is 0 Å². The maximum Gasteiger partial charge on any atom is 0.300 e. The summed E-state index contributed by atoms with van der Waals surface area (Å²) in [7, 11) is 0. The molecule has 5 nitrogen and oxygen atoms in total. The smallest absolute Gasteiger partial charge is 0.281 e. The molecular formula is C19H12Cl4N4OS. The number of aromatic nitrogens is 4. The molecule has 4 rings (SSSR count). The highest BCUT2D eigenvalue weighted by molar-refractivity contribution is 7.98. The molecule has 3 aromatic rings. The van der Waals surface area contributed by atoms with Crippen LogP contribution < -0.4 is 5.56 Å². The van der Waals surface area contributed by atoms with Crippen LogP contribution in [0.3, 0.4) is 0 Å². The van der Waals surface area contributed by atoms with E-state index in [9.17, 15) is 4.79 Å². The van der Waals surface area contributed by atoms with Crippen molar-refractivity contribution in [3.05, 3.63) is 84.8 Å². The highest BCUT2D eigenvalue weighted by atomic mass is 35.5. The van der Waals surface area contributed by atoms with Crippen LogP contribution in [-0.2, 0) is 5.75 Å². The molecule has 0 fully saturated rings. The van der Waals surface area contributed by atoms with Gasteiger partial charge in [0.15, 0.2) is 5.16 Å². The summed E-state index contributed by atoms with van der Waals surface area (Å²) >= 11 is 26.0. The van der Waals surface area contributed by atoms with Crippen molar-refractivity contribution in [3.8, 4) is 0 Å². The first-order chi connectivity index (χ1) is 13.9. The predicted octanol–water partition coefficient (Wildman–Crippen LogP) is 5.98. The molecule has 1 aliphatic carbocycles. The van der Waals surface area contributed by atoms with Crippen molar-refractivity contribution in [2.75, 3.05) is 0 Å². The minimum Gasteiger partial charge on any atom is -0.281 e. The first-order valence-electron chi connectivity index (χ1n) is 8.40. The molecule has 0 bridgehead atoms. The molecule has 0 radical (unpaired) electrons. The van der Waals surface area contributed by atoms with Gasteiger partial charge in [-0.1, -0.05) is 70.3 Å². The molecule has 1 aromatic carbocycles. The third-order valence-electron chi connectivity index (χ3n) is 4.17. The molecule has 0 amide bonds. The molecule has 0 atom stereocenters. The lowest BCUT2D eigenvalue weighted by atomic mass is 10.2. The van der Waals surface area contributed by atoms with E-state index in [-0.39, 0.29) is 11.2 Å². The fourth-order valence-electron chi connectivity index (χ4n) is 2.86. The van der Waals surface area contributed by atoms with Crippen molar-refractivity contribution in [2.24, 2.45) is 0 Å². The molecule has 0 saturated heterocycles. The van der Waals surface area contributed by atoms with E-state index in [1.807, 2.05) is 18.2 Å². The molecule has 10 heteroatoms. The lowest BCUT2D eigenvalue weighted by Gasteiger charge is -2.11. The molecular weight excluding hydrogens is 474 g/mol. The summed E-state index contributed by atoms with van der Waals surface area (Å²) in [6.45, 7) is 0. The van der Waals surface area contributed by atoms with Crippen LogP contribution in [0.15, 0.2) is 68.8 Å². The van der Waals surface area contributed by atoms with Crippen LogP contribution in [0.5, 0.6) is 0 Å². The van der Waals surface area contributed by atoms with Gasteiger partial charge >= 0.3 is 5.56 Å². The molecule has 0 spiro atoms. The molecule has 0 saturated carbocycles. The Kier molecular flexibility index (Phi) is 6.08.